The Balaban J connectivity index is 2.09. The molecule has 2 amide bonds. The molecule has 0 bridgehead atoms. The lowest BCUT2D eigenvalue weighted by Gasteiger charge is -2.46. The molecule has 2 aliphatic carbocycles. The number of hydrogen-bond donors (Lipinski definition) is 2. The number of amides is 2. The first-order valence-corrected chi connectivity index (χ1v) is 35.2. The molecule has 18 heteroatoms. The monoisotopic (exact) mass is 1030 g/mol. The lowest BCUT2D eigenvalue weighted by Crippen LogP contribution is -2.52. The number of carbonyl (C=O) groups is 5. The van der Waals surface area contributed by atoms with Crippen LogP contribution >= 0.6 is 0 Å². The number of hydrogen-bond acceptors (Lipinski definition) is 13. The van der Waals surface area contributed by atoms with Crippen molar-refractivity contribution in [1.29, 1.82) is 0 Å². The van der Waals surface area contributed by atoms with Gasteiger partial charge in [-0.05, 0) is 138 Å². The molecule has 0 aromatic heterocycles. The minimum absolute atomic E-state index is 0.0410. The molecule has 0 spiro atoms. The minimum atomic E-state index is -2.48. The van der Waals surface area contributed by atoms with Gasteiger partial charge < -0.3 is 47.3 Å². The van der Waals surface area contributed by atoms with Crippen molar-refractivity contribution < 1.29 is 60.6 Å². The van der Waals surface area contributed by atoms with Gasteiger partial charge in [0.05, 0.1) is 26.4 Å². The van der Waals surface area contributed by atoms with Crippen LogP contribution in [0.1, 0.15) is 151 Å². The van der Waals surface area contributed by atoms with Crippen LogP contribution in [0.4, 0.5) is 9.59 Å². The van der Waals surface area contributed by atoms with E-state index in [2.05, 4.69) is 112 Å². The zero-order valence-electron chi connectivity index (χ0n) is 45.6. The average Bonchev–Trinajstić information content (AvgIpc) is 3.17. The topological polar surface area (TPSA) is 183 Å². The standard InChI is InChI=1S/C51H96N2O13Si3/c1-16-18-19-20-28-61-44(55)23-25-50(7)35-41(33-49(5,6)38-50)53-47(58)63-37-42(36-59-27-22-31-69(15,65-67(9,10)11)66-68(12,13)14)64-45(56)24-26-51(8)34-40(32-48(3,4)39-51)52-46(57)62-30-21-29-60-43(54)17-2/h17,40-42H,2,16,18-39H2,1,3-15H3,(H,52,57)(H,53,58). The summed E-state index contributed by atoms with van der Waals surface area (Å²) in [7, 11) is -6.23. The Hall–Kier alpha value is -2.78. The van der Waals surface area contributed by atoms with Gasteiger partial charge in [-0.25, -0.2) is 14.4 Å². The molecule has 15 nitrogen and oxygen atoms in total. The second-order valence-electron chi connectivity index (χ2n) is 24.4. The molecule has 0 heterocycles. The number of unbranched alkanes of at least 4 members (excludes halogenated alkanes) is 3. The van der Waals surface area contributed by atoms with E-state index in [1.54, 1.807) is 0 Å². The molecule has 0 radical (unpaired) electrons. The molecule has 2 aliphatic rings. The van der Waals surface area contributed by atoms with Crippen LogP contribution in [-0.2, 0) is 51.0 Å². The first kappa shape index (κ1) is 62.3. The van der Waals surface area contributed by atoms with Gasteiger partial charge in [0.25, 0.3) is 0 Å². The molecule has 0 aliphatic heterocycles. The zero-order valence-corrected chi connectivity index (χ0v) is 48.6. The molecule has 2 fully saturated rings. The predicted molar refractivity (Wildman–Crippen MR) is 278 cm³/mol. The lowest BCUT2D eigenvalue weighted by molar-refractivity contribution is -0.156. The summed E-state index contributed by atoms with van der Waals surface area (Å²) >= 11 is 0. The van der Waals surface area contributed by atoms with E-state index in [-0.39, 0.29) is 72.6 Å². The SMILES string of the molecule is C=CC(=O)OCCCOC(=O)NC1CC(C)(C)CC(C)(CCC(=O)OC(COCCC[Si](C)(O[Si](C)(C)C)O[Si](C)(C)C)COC(=O)NC2CC(C)(C)CC(C)(CCC(=O)OCCCCCC)C2)C1. The number of nitrogens with one attached hydrogen (secondary N) is 2. The fourth-order valence-corrected chi connectivity index (χ4v) is 23.5. The molecule has 2 saturated carbocycles. The van der Waals surface area contributed by atoms with Crippen LogP contribution in [-0.4, -0.2) is 113 Å². The summed E-state index contributed by atoms with van der Waals surface area (Å²) in [5.41, 5.74) is -0.660. The van der Waals surface area contributed by atoms with Crippen molar-refractivity contribution in [2.24, 2.45) is 21.7 Å². The van der Waals surface area contributed by atoms with Crippen molar-refractivity contribution in [1.82, 2.24) is 10.6 Å². The highest BCUT2D eigenvalue weighted by atomic mass is 28.5. The summed E-state index contributed by atoms with van der Waals surface area (Å²) in [5.74, 6) is -1.12. The van der Waals surface area contributed by atoms with Crippen LogP contribution in [0.15, 0.2) is 12.7 Å². The van der Waals surface area contributed by atoms with Crippen LogP contribution < -0.4 is 10.6 Å². The first-order valence-electron chi connectivity index (χ1n) is 25.9. The molecule has 69 heavy (non-hydrogen) atoms. The van der Waals surface area contributed by atoms with Gasteiger partial charge in [0, 0.05) is 44.0 Å². The van der Waals surface area contributed by atoms with Crippen molar-refractivity contribution >= 4 is 55.3 Å². The summed E-state index contributed by atoms with van der Waals surface area (Å²) in [6, 6.07) is 0.427. The quantitative estimate of drug-likeness (QED) is 0.0220. The molecule has 5 atom stereocenters. The van der Waals surface area contributed by atoms with Crippen LogP contribution in [0.3, 0.4) is 0 Å². The Morgan fingerprint density at radius 2 is 1.12 bits per heavy atom. The summed E-state index contributed by atoms with van der Waals surface area (Å²) in [5, 5.41) is 6.11. The highest BCUT2D eigenvalue weighted by Crippen LogP contribution is 2.50. The van der Waals surface area contributed by atoms with E-state index in [9.17, 15) is 24.0 Å². The van der Waals surface area contributed by atoms with E-state index >= 15 is 0 Å². The maximum atomic E-state index is 13.7. The third kappa shape index (κ3) is 28.2. The zero-order chi connectivity index (χ0) is 52.2. The number of alkyl carbamates (subject to hydrolysis) is 2. The predicted octanol–water partition coefficient (Wildman–Crippen LogP) is 11.5. The molecule has 400 valence electrons. The van der Waals surface area contributed by atoms with Crippen LogP contribution in [0, 0.1) is 21.7 Å². The number of rotatable bonds is 31. The van der Waals surface area contributed by atoms with Crippen molar-refractivity contribution in [2.75, 3.05) is 39.6 Å². The Kier molecular flexibility index (Phi) is 25.7. The Bertz CT molecular complexity index is 1620. The van der Waals surface area contributed by atoms with Gasteiger partial charge in [-0.3, -0.25) is 9.59 Å². The molecule has 5 unspecified atom stereocenters. The maximum absolute atomic E-state index is 13.7. The highest BCUT2D eigenvalue weighted by molar-refractivity contribution is 6.87. The number of esters is 3. The van der Waals surface area contributed by atoms with Crippen molar-refractivity contribution in [3.8, 4) is 0 Å². The van der Waals surface area contributed by atoms with Gasteiger partial charge in [0.1, 0.15) is 6.61 Å². The summed E-state index contributed by atoms with van der Waals surface area (Å²) in [4.78, 5) is 63.8. The fraction of sp³-hybridized carbons (Fsp3) is 0.863. The number of carbonyl (C=O) groups excluding carboxylic acids is 5. The normalized spacial score (nSPS) is 22.9. The van der Waals surface area contributed by atoms with Crippen molar-refractivity contribution in [3.05, 3.63) is 12.7 Å². The van der Waals surface area contributed by atoms with Gasteiger partial charge in [-0.2, -0.15) is 0 Å². The molecule has 2 N–H and O–H groups in total. The van der Waals surface area contributed by atoms with Crippen LogP contribution in [0.5, 0.6) is 0 Å². The summed E-state index contributed by atoms with van der Waals surface area (Å²) in [6.07, 6.45) is 10.7. The van der Waals surface area contributed by atoms with E-state index in [1.165, 1.54) is 0 Å². The Morgan fingerprint density at radius 3 is 1.64 bits per heavy atom. The van der Waals surface area contributed by atoms with Crippen molar-refractivity contribution in [3.63, 3.8) is 0 Å². The van der Waals surface area contributed by atoms with Gasteiger partial charge in [-0.1, -0.05) is 74.3 Å². The van der Waals surface area contributed by atoms with Crippen molar-refractivity contribution in [2.45, 2.75) is 221 Å². The van der Waals surface area contributed by atoms with Gasteiger partial charge in [-0.15, -0.1) is 0 Å². The molecule has 0 aromatic rings. The third-order valence-electron chi connectivity index (χ3n) is 12.6. The van der Waals surface area contributed by atoms with Crippen LogP contribution in [0.2, 0.25) is 51.9 Å². The van der Waals surface area contributed by atoms with E-state index in [0.29, 0.717) is 58.2 Å². The first-order chi connectivity index (χ1) is 31.9. The molecular weight excluding hydrogens is 933 g/mol. The van der Waals surface area contributed by atoms with E-state index < -0.39 is 55.4 Å². The van der Waals surface area contributed by atoms with Gasteiger partial charge in [0.2, 0.25) is 0 Å². The van der Waals surface area contributed by atoms with Crippen LogP contribution in [0.25, 0.3) is 0 Å². The minimum Gasteiger partial charge on any atom is -0.466 e. The largest absolute Gasteiger partial charge is 0.466 e. The fourth-order valence-electron chi connectivity index (χ4n) is 11.0. The third-order valence-corrected chi connectivity index (χ3v) is 22.2. The van der Waals surface area contributed by atoms with E-state index in [0.717, 1.165) is 63.5 Å². The average molecular weight is 1030 g/mol. The molecular formula is C51H96N2O13Si3. The number of ether oxygens (including phenoxy) is 6. The maximum Gasteiger partial charge on any atom is 0.407 e. The molecule has 2 rings (SSSR count). The van der Waals surface area contributed by atoms with Gasteiger partial charge >= 0.3 is 38.7 Å². The lowest BCUT2D eigenvalue weighted by atomic mass is 9.61. The van der Waals surface area contributed by atoms with Gasteiger partial charge in [0.15, 0.2) is 22.7 Å². The second-order valence-corrected chi connectivity index (χ2v) is 37.2. The smallest absolute Gasteiger partial charge is 0.407 e. The Labute approximate surface area is 420 Å². The molecule has 0 aromatic carbocycles. The molecule has 0 saturated heterocycles. The summed E-state index contributed by atoms with van der Waals surface area (Å²) < 4.78 is 47.2. The highest BCUT2D eigenvalue weighted by Gasteiger charge is 2.44. The second kappa shape index (κ2) is 28.5. The van der Waals surface area contributed by atoms with E-state index in [4.69, 9.17) is 36.7 Å². The van der Waals surface area contributed by atoms with E-state index in [1.807, 2.05) is 0 Å². The Morgan fingerprint density at radius 1 is 0.609 bits per heavy atom. The summed E-state index contributed by atoms with van der Waals surface area (Å²) in [6.45, 7) is 34.7.